The molecule has 1 unspecified atom stereocenters. The molecule has 4 nitrogen and oxygen atoms in total. The van der Waals surface area contributed by atoms with Crippen LogP contribution in [0.25, 0.3) is 0 Å². The van der Waals surface area contributed by atoms with Crippen molar-refractivity contribution < 1.29 is 9.15 Å². The van der Waals surface area contributed by atoms with Crippen molar-refractivity contribution in [3.05, 3.63) is 46.8 Å². The maximum atomic E-state index is 5.87. The molecule has 5 heteroatoms. The van der Waals surface area contributed by atoms with Gasteiger partial charge in [-0.05, 0) is 40.2 Å². The molecule has 1 heterocycles. The molecule has 0 saturated heterocycles. The summed E-state index contributed by atoms with van der Waals surface area (Å²) < 4.78 is 11.5. The Morgan fingerprint density at radius 2 is 2.16 bits per heavy atom. The van der Waals surface area contributed by atoms with Gasteiger partial charge in [-0.1, -0.05) is 6.07 Å². The van der Waals surface area contributed by atoms with Crippen molar-refractivity contribution in [3.8, 4) is 5.75 Å². The number of benzene rings is 1. The van der Waals surface area contributed by atoms with Crippen LogP contribution in [0, 0.1) is 0 Å². The molecule has 2 rings (SSSR count). The molecule has 0 radical (unpaired) electrons. The summed E-state index contributed by atoms with van der Waals surface area (Å²) in [6.45, 7) is 0.466. The van der Waals surface area contributed by atoms with Crippen molar-refractivity contribution in [2.45, 2.75) is 6.04 Å². The average Bonchev–Trinajstić information content (AvgIpc) is 2.86. The van der Waals surface area contributed by atoms with E-state index in [1.165, 1.54) is 0 Å². The largest absolute Gasteiger partial charge is 0.497 e. The van der Waals surface area contributed by atoms with Crippen molar-refractivity contribution in [2.24, 2.45) is 5.73 Å². The zero-order valence-electron chi connectivity index (χ0n) is 11.0. The van der Waals surface area contributed by atoms with E-state index in [-0.39, 0.29) is 6.04 Å². The molecule has 2 aromatic rings. The topological polar surface area (TPSA) is 51.6 Å². The van der Waals surface area contributed by atoms with E-state index in [9.17, 15) is 0 Å². The fraction of sp³-hybridized carbons (Fsp3) is 0.286. The van der Waals surface area contributed by atoms with Crippen LogP contribution in [0.5, 0.6) is 5.75 Å². The second-order valence-corrected chi connectivity index (χ2v) is 4.99. The summed E-state index contributed by atoms with van der Waals surface area (Å²) in [4.78, 5) is 2.08. The lowest BCUT2D eigenvalue weighted by molar-refractivity contribution is 0.414. The van der Waals surface area contributed by atoms with Crippen LogP contribution >= 0.6 is 15.9 Å². The van der Waals surface area contributed by atoms with Gasteiger partial charge in [0.1, 0.15) is 11.5 Å². The molecule has 1 aromatic heterocycles. The van der Waals surface area contributed by atoms with E-state index < -0.39 is 0 Å². The van der Waals surface area contributed by atoms with E-state index in [0.29, 0.717) is 11.2 Å². The third-order valence-electron chi connectivity index (χ3n) is 3.07. The Bertz CT molecular complexity index is 542. The summed E-state index contributed by atoms with van der Waals surface area (Å²) in [5.41, 5.74) is 6.90. The number of nitrogens with zero attached hydrogens (tertiary/aromatic N) is 1. The number of rotatable bonds is 5. The van der Waals surface area contributed by atoms with Crippen molar-refractivity contribution in [2.75, 3.05) is 25.6 Å². The predicted octanol–water partition coefficient (Wildman–Crippen LogP) is 3.19. The minimum Gasteiger partial charge on any atom is -0.497 e. The number of halogens is 1. The Hall–Kier alpha value is -1.46. The van der Waals surface area contributed by atoms with Crippen LogP contribution in [0.2, 0.25) is 0 Å². The highest BCUT2D eigenvalue weighted by Crippen LogP contribution is 2.29. The maximum Gasteiger partial charge on any atom is 0.169 e. The lowest BCUT2D eigenvalue weighted by atomic mass is 10.1. The molecular formula is C14H17BrN2O2. The second-order valence-electron chi connectivity index (χ2n) is 4.21. The van der Waals surface area contributed by atoms with Crippen LogP contribution in [0.1, 0.15) is 11.8 Å². The van der Waals surface area contributed by atoms with E-state index in [1.54, 1.807) is 7.11 Å². The van der Waals surface area contributed by atoms with Crippen LogP contribution in [-0.4, -0.2) is 20.7 Å². The molecule has 0 fully saturated rings. The van der Waals surface area contributed by atoms with Crippen LogP contribution < -0.4 is 15.4 Å². The standard InChI is InChI=1S/C14H17BrN2O2/c1-17(10-4-3-5-11(8-10)18-2)12(9-16)13-6-7-14(15)19-13/h3-8,12H,9,16H2,1-2H3. The number of anilines is 1. The molecule has 0 bridgehead atoms. The summed E-state index contributed by atoms with van der Waals surface area (Å²) in [6, 6.07) is 11.6. The van der Waals surface area contributed by atoms with E-state index in [0.717, 1.165) is 17.2 Å². The first-order valence-electron chi connectivity index (χ1n) is 5.98. The minimum atomic E-state index is -0.0154. The van der Waals surface area contributed by atoms with Crippen molar-refractivity contribution in [3.63, 3.8) is 0 Å². The smallest absolute Gasteiger partial charge is 0.169 e. The Labute approximate surface area is 121 Å². The summed E-state index contributed by atoms with van der Waals surface area (Å²) in [5, 5.41) is 0. The van der Waals surface area contributed by atoms with Gasteiger partial charge < -0.3 is 19.8 Å². The summed E-state index contributed by atoms with van der Waals surface area (Å²) >= 11 is 3.31. The van der Waals surface area contributed by atoms with Crippen LogP contribution in [0.4, 0.5) is 5.69 Å². The van der Waals surface area contributed by atoms with E-state index in [1.807, 2.05) is 43.4 Å². The zero-order chi connectivity index (χ0) is 13.8. The van der Waals surface area contributed by atoms with Crippen molar-refractivity contribution in [1.29, 1.82) is 0 Å². The number of hydrogen-bond acceptors (Lipinski definition) is 4. The van der Waals surface area contributed by atoms with Gasteiger partial charge in [0, 0.05) is 25.3 Å². The molecule has 1 atom stereocenters. The Morgan fingerprint density at radius 1 is 1.37 bits per heavy atom. The summed E-state index contributed by atoms with van der Waals surface area (Å²) in [7, 11) is 3.64. The summed E-state index contributed by atoms with van der Waals surface area (Å²) in [5.74, 6) is 1.65. The number of ether oxygens (including phenoxy) is 1. The van der Waals surface area contributed by atoms with Gasteiger partial charge >= 0.3 is 0 Å². The normalized spacial score (nSPS) is 12.2. The van der Waals surface area contributed by atoms with Crippen LogP contribution in [-0.2, 0) is 0 Å². The van der Waals surface area contributed by atoms with Crippen molar-refractivity contribution >= 4 is 21.6 Å². The highest BCUT2D eigenvalue weighted by Gasteiger charge is 2.19. The number of likely N-dealkylation sites (N-methyl/N-ethyl adjacent to an activating group) is 1. The van der Waals surface area contributed by atoms with Gasteiger partial charge in [0.05, 0.1) is 13.2 Å². The van der Waals surface area contributed by atoms with E-state index >= 15 is 0 Å². The average molecular weight is 325 g/mol. The highest BCUT2D eigenvalue weighted by molar-refractivity contribution is 9.10. The number of methoxy groups -OCH3 is 1. The quantitative estimate of drug-likeness (QED) is 0.917. The van der Waals surface area contributed by atoms with E-state index in [2.05, 4.69) is 20.8 Å². The first kappa shape index (κ1) is 14.0. The first-order valence-corrected chi connectivity index (χ1v) is 6.77. The Kier molecular flexibility index (Phi) is 4.50. The molecule has 0 aliphatic rings. The summed E-state index contributed by atoms with van der Waals surface area (Å²) in [6.07, 6.45) is 0. The molecule has 19 heavy (non-hydrogen) atoms. The zero-order valence-corrected chi connectivity index (χ0v) is 12.6. The SMILES string of the molecule is COc1cccc(N(C)C(CN)c2ccc(Br)o2)c1. The maximum absolute atomic E-state index is 5.87. The molecule has 0 amide bonds. The highest BCUT2D eigenvalue weighted by atomic mass is 79.9. The third kappa shape index (κ3) is 3.11. The van der Waals surface area contributed by atoms with Gasteiger partial charge in [-0.2, -0.15) is 0 Å². The monoisotopic (exact) mass is 324 g/mol. The molecule has 0 spiro atoms. The molecular weight excluding hydrogens is 308 g/mol. The van der Waals surface area contributed by atoms with Gasteiger partial charge in [0.25, 0.3) is 0 Å². The molecule has 0 saturated carbocycles. The third-order valence-corrected chi connectivity index (χ3v) is 3.50. The molecule has 2 N–H and O–H groups in total. The van der Waals surface area contributed by atoms with Crippen LogP contribution in [0.15, 0.2) is 45.5 Å². The lowest BCUT2D eigenvalue weighted by Gasteiger charge is -2.27. The van der Waals surface area contributed by atoms with Crippen molar-refractivity contribution in [1.82, 2.24) is 0 Å². The number of hydrogen-bond donors (Lipinski definition) is 1. The first-order chi connectivity index (χ1) is 9.15. The predicted molar refractivity (Wildman–Crippen MR) is 79.6 cm³/mol. The molecule has 0 aliphatic carbocycles. The number of nitrogens with two attached hydrogens (primary N) is 1. The van der Waals surface area contributed by atoms with Gasteiger partial charge in [-0.15, -0.1) is 0 Å². The van der Waals surface area contributed by atoms with Gasteiger partial charge in [0.15, 0.2) is 4.67 Å². The van der Waals surface area contributed by atoms with Crippen LogP contribution in [0.3, 0.4) is 0 Å². The molecule has 102 valence electrons. The minimum absolute atomic E-state index is 0.0154. The Balaban J connectivity index is 2.27. The molecule has 1 aromatic carbocycles. The fourth-order valence-corrected chi connectivity index (χ4v) is 2.30. The van der Waals surface area contributed by atoms with Gasteiger partial charge in [0.2, 0.25) is 0 Å². The second kappa shape index (κ2) is 6.12. The lowest BCUT2D eigenvalue weighted by Crippen LogP contribution is -2.30. The van der Waals surface area contributed by atoms with Gasteiger partial charge in [-0.25, -0.2) is 0 Å². The van der Waals surface area contributed by atoms with Gasteiger partial charge in [-0.3, -0.25) is 0 Å². The molecule has 0 aliphatic heterocycles. The number of furan rings is 1. The fourth-order valence-electron chi connectivity index (χ4n) is 1.98. The Morgan fingerprint density at radius 3 is 2.74 bits per heavy atom. The van der Waals surface area contributed by atoms with E-state index in [4.69, 9.17) is 14.9 Å².